The van der Waals surface area contributed by atoms with Gasteiger partial charge in [-0.3, -0.25) is 4.98 Å². The third-order valence-corrected chi connectivity index (χ3v) is 4.24. The summed E-state index contributed by atoms with van der Waals surface area (Å²) < 4.78 is 1.66. The van der Waals surface area contributed by atoms with Crippen molar-refractivity contribution >= 4 is 48.5 Å². The number of aromatic nitrogens is 1. The Kier molecular flexibility index (Phi) is 4.12. The predicted octanol–water partition coefficient (Wildman–Crippen LogP) is 5.08. The second kappa shape index (κ2) is 6.03. The molecule has 2 N–H and O–H groups in total. The summed E-state index contributed by atoms with van der Waals surface area (Å²) in [7, 11) is 0. The number of nitrogens with zero attached hydrogens (tertiary/aromatic N) is 1. The zero-order valence-electron chi connectivity index (χ0n) is 11.0. The van der Waals surface area contributed by atoms with E-state index in [2.05, 4.69) is 42.2 Å². The number of hydrogen-bond donors (Lipinski definition) is 2. The Bertz CT molecular complexity index is 805. The third kappa shape index (κ3) is 3.19. The Morgan fingerprint density at radius 1 is 1.10 bits per heavy atom. The lowest BCUT2D eigenvalue weighted by atomic mass is 10.1. The van der Waals surface area contributed by atoms with Crippen LogP contribution in [-0.2, 0) is 6.54 Å². The molecule has 0 bridgehead atoms. The molecule has 1 heterocycles. The van der Waals surface area contributed by atoms with E-state index in [1.165, 1.54) is 0 Å². The maximum Gasteiger partial charge on any atom is 0.129 e. The molecule has 0 aliphatic rings. The fourth-order valence-corrected chi connectivity index (χ4v) is 2.91. The van der Waals surface area contributed by atoms with Crippen LogP contribution in [-0.4, -0.2) is 10.1 Å². The first-order valence-electron chi connectivity index (χ1n) is 6.39. The first-order chi connectivity index (χ1) is 10.1. The lowest BCUT2D eigenvalue weighted by Crippen LogP contribution is -2.00. The van der Waals surface area contributed by atoms with Crippen LogP contribution in [0.15, 0.2) is 57.6 Å². The molecule has 0 spiro atoms. The Morgan fingerprint density at radius 2 is 1.95 bits per heavy atom. The maximum atomic E-state index is 9.51. The van der Waals surface area contributed by atoms with Gasteiger partial charge in [0.2, 0.25) is 0 Å². The average Bonchev–Trinajstić information content (AvgIpc) is 2.48. The van der Waals surface area contributed by atoms with E-state index in [-0.39, 0.29) is 5.75 Å². The Morgan fingerprint density at radius 3 is 2.76 bits per heavy atom. The van der Waals surface area contributed by atoms with Crippen LogP contribution in [0.4, 0.5) is 5.69 Å². The minimum absolute atomic E-state index is 0.246. The SMILES string of the molecule is Oc1ccc(CNc2cccc3cc(Br)cnc23)cc1Br. The van der Waals surface area contributed by atoms with Gasteiger partial charge in [-0.25, -0.2) is 0 Å². The Balaban J connectivity index is 1.86. The number of pyridine rings is 1. The molecule has 0 aliphatic carbocycles. The molecule has 106 valence electrons. The number of anilines is 1. The van der Waals surface area contributed by atoms with Gasteiger partial charge in [0.25, 0.3) is 0 Å². The van der Waals surface area contributed by atoms with Crippen LogP contribution in [0.5, 0.6) is 5.75 Å². The monoisotopic (exact) mass is 406 g/mol. The molecular weight excluding hydrogens is 396 g/mol. The molecule has 3 rings (SSSR count). The van der Waals surface area contributed by atoms with Gasteiger partial charge in [0, 0.05) is 22.6 Å². The van der Waals surface area contributed by atoms with Gasteiger partial charge < -0.3 is 10.4 Å². The van der Waals surface area contributed by atoms with Crippen LogP contribution in [0.3, 0.4) is 0 Å². The average molecular weight is 408 g/mol. The van der Waals surface area contributed by atoms with Crippen molar-refractivity contribution < 1.29 is 5.11 Å². The van der Waals surface area contributed by atoms with Crippen molar-refractivity contribution in [3.63, 3.8) is 0 Å². The van der Waals surface area contributed by atoms with Gasteiger partial charge in [-0.15, -0.1) is 0 Å². The van der Waals surface area contributed by atoms with Crippen LogP contribution < -0.4 is 5.32 Å². The topological polar surface area (TPSA) is 45.1 Å². The fraction of sp³-hybridized carbons (Fsp3) is 0.0625. The molecule has 2 aromatic carbocycles. The number of para-hydroxylation sites is 1. The molecular formula is C16H12Br2N2O. The quantitative estimate of drug-likeness (QED) is 0.636. The molecule has 0 atom stereocenters. The normalized spacial score (nSPS) is 10.8. The minimum Gasteiger partial charge on any atom is -0.507 e. The van der Waals surface area contributed by atoms with Crippen molar-refractivity contribution in [2.45, 2.75) is 6.54 Å². The summed E-state index contributed by atoms with van der Waals surface area (Å²) in [6, 6.07) is 13.6. The lowest BCUT2D eigenvalue weighted by molar-refractivity contribution is 0.471. The highest BCUT2D eigenvalue weighted by molar-refractivity contribution is 9.10. The number of halogens is 2. The second-order valence-corrected chi connectivity index (χ2v) is 6.44. The summed E-state index contributed by atoms with van der Waals surface area (Å²) in [5.41, 5.74) is 3.01. The van der Waals surface area contributed by atoms with E-state index in [1.54, 1.807) is 12.3 Å². The molecule has 21 heavy (non-hydrogen) atoms. The van der Waals surface area contributed by atoms with Gasteiger partial charge in [-0.05, 0) is 61.7 Å². The molecule has 0 amide bonds. The Labute approximate surface area is 139 Å². The molecule has 0 radical (unpaired) electrons. The summed E-state index contributed by atoms with van der Waals surface area (Å²) in [5, 5.41) is 14.0. The zero-order valence-corrected chi connectivity index (χ0v) is 14.1. The van der Waals surface area contributed by atoms with Crippen molar-refractivity contribution in [1.82, 2.24) is 4.98 Å². The van der Waals surface area contributed by atoms with Gasteiger partial charge in [-0.2, -0.15) is 0 Å². The van der Waals surface area contributed by atoms with Gasteiger partial charge in [0.15, 0.2) is 0 Å². The van der Waals surface area contributed by atoms with Gasteiger partial charge in [0.05, 0.1) is 15.7 Å². The van der Waals surface area contributed by atoms with E-state index in [1.807, 2.05) is 36.4 Å². The maximum absolute atomic E-state index is 9.51. The first-order valence-corrected chi connectivity index (χ1v) is 7.97. The number of rotatable bonds is 3. The van der Waals surface area contributed by atoms with Crippen LogP contribution in [0.25, 0.3) is 10.9 Å². The van der Waals surface area contributed by atoms with Gasteiger partial charge in [-0.1, -0.05) is 18.2 Å². The summed E-state index contributed by atoms with van der Waals surface area (Å²) in [6.45, 7) is 0.662. The molecule has 0 aliphatic heterocycles. The minimum atomic E-state index is 0.246. The summed E-state index contributed by atoms with van der Waals surface area (Å²) in [6.07, 6.45) is 1.80. The number of aromatic hydroxyl groups is 1. The van der Waals surface area contributed by atoms with Crippen LogP contribution in [0.1, 0.15) is 5.56 Å². The van der Waals surface area contributed by atoms with Crippen LogP contribution in [0, 0.1) is 0 Å². The molecule has 0 unspecified atom stereocenters. The van der Waals surface area contributed by atoms with Crippen LogP contribution in [0.2, 0.25) is 0 Å². The molecule has 1 aromatic heterocycles. The van der Waals surface area contributed by atoms with Crippen molar-refractivity contribution in [3.8, 4) is 5.75 Å². The largest absolute Gasteiger partial charge is 0.507 e. The predicted molar refractivity (Wildman–Crippen MR) is 92.6 cm³/mol. The highest BCUT2D eigenvalue weighted by atomic mass is 79.9. The third-order valence-electron chi connectivity index (χ3n) is 3.17. The zero-order chi connectivity index (χ0) is 14.8. The molecule has 5 heteroatoms. The van der Waals surface area contributed by atoms with Gasteiger partial charge in [0.1, 0.15) is 5.75 Å². The highest BCUT2D eigenvalue weighted by Gasteiger charge is 2.04. The van der Waals surface area contributed by atoms with Crippen molar-refractivity contribution in [3.05, 3.63) is 63.2 Å². The summed E-state index contributed by atoms with van der Waals surface area (Å²) in [4.78, 5) is 4.47. The van der Waals surface area contributed by atoms with E-state index in [4.69, 9.17) is 0 Å². The van der Waals surface area contributed by atoms with E-state index in [0.717, 1.165) is 26.6 Å². The molecule has 3 nitrogen and oxygen atoms in total. The summed E-state index contributed by atoms with van der Waals surface area (Å²) >= 11 is 6.76. The number of phenols is 1. The molecule has 0 fully saturated rings. The standard InChI is InChI=1S/C16H12Br2N2O/c17-12-7-11-2-1-3-14(16(11)20-9-12)19-8-10-4-5-15(21)13(18)6-10/h1-7,9,19,21H,8H2. The van der Waals surface area contributed by atoms with Crippen molar-refractivity contribution in [2.75, 3.05) is 5.32 Å². The first kappa shape index (κ1) is 14.4. The second-order valence-electron chi connectivity index (χ2n) is 4.67. The molecule has 0 saturated carbocycles. The highest BCUT2D eigenvalue weighted by Crippen LogP contribution is 2.26. The number of phenolic OH excluding ortho intramolecular Hbond substituents is 1. The summed E-state index contributed by atoms with van der Waals surface area (Å²) in [5.74, 6) is 0.246. The smallest absolute Gasteiger partial charge is 0.129 e. The van der Waals surface area contributed by atoms with E-state index in [0.29, 0.717) is 11.0 Å². The van der Waals surface area contributed by atoms with E-state index < -0.39 is 0 Å². The van der Waals surface area contributed by atoms with E-state index >= 15 is 0 Å². The van der Waals surface area contributed by atoms with Crippen molar-refractivity contribution in [1.29, 1.82) is 0 Å². The number of hydrogen-bond acceptors (Lipinski definition) is 3. The number of fused-ring (bicyclic) bond motifs is 1. The fourth-order valence-electron chi connectivity index (χ4n) is 2.13. The number of nitrogens with one attached hydrogen (secondary N) is 1. The number of benzene rings is 2. The molecule has 0 saturated heterocycles. The van der Waals surface area contributed by atoms with Crippen LogP contribution >= 0.6 is 31.9 Å². The lowest BCUT2D eigenvalue weighted by Gasteiger charge is -2.10. The van der Waals surface area contributed by atoms with Crippen molar-refractivity contribution in [2.24, 2.45) is 0 Å². The Hall–Kier alpha value is -1.59. The molecule has 3 aromatic rings. The van der Waals surface area contributed by atoms with E-state index in [9.17, 15) is 5.11 Å². The van der Waals surface area contributed by atoms with Gasteiger partial charge >= 0.3 is 0 Å².